The molecule has 0 saturated carbocycles. The topological polar surface area (TPSA) is 130 Å². The summed E-state index contributed by atoms with van der Waals surface area (Å²) in [6.07, 6.45) is 0.261. The van der Waals surface area contributed by atoms with Crippen molar-refractivity contribution in [2.75, 3.05) is 31.2 Å². The molecule has 0 aromatic heterocycles. The number of carbonyl (C=O) groups excluding carboxylic acids is 3. The fourth-order valence-corrected chi connectivity index (χ4v) is 7.82. The van der Waals surface area contributed by atoms with Gasteiger partial charge in [-0.3, -0.25) is 14.4 Å². The molecule has 3 aliphatic heterocycles. The molecular formula is C43H48N4O7. The Labute approximate surface area is 316 Å². The maximum absolute atomic E-state index is 13.3. The van der Waals surface area contributed by atoms with Crippen molar-refractivity contribution in [3.05, 3.63) is 125 Å². The Balaban J connectivity index is 1.06. The standard InChI is InChI=1S/C43H48N4O7/c1-29(52-30(2)49)40(50)44-25-32-8-6-9-34(22-32)35-10-7-11-36(23-35)41-53-38(24-39(54-41)33-16-14-31(27-48)15-17-33)26-46-20-18-43(19-21-46)42(51)45-28-47(43)37-12-4-3-5-13-37/h3-17,22-23,29,38-39,41,48H,18-21,24-28H2,1-2H3,(H,44,50)(H,45,51). The molecule has 4 aromatic carbocycles. The fourth-order valence-electron chi connectivity index (χ4n) is 7.82. The molecule has 7 rings (SSSR count). The number of aliphatic hydroxyl groups is 1. The maximum atomic E-state index is 13.3. The van der Waals surface area contributed by atoms with Crippen LogP contribution < -0.4 is 15.5 Å². The zero-order valence-corrected chi connectivity index (χ0v) is 30.8. The number of anilines is 1. The number of esters is 1. The molecule has 3 fully saturated rings. The second-order valence-electron chi connectivity index (χ2n) is 14.4. The van der Waals surface area contributed by atoms with Gasteiger partial charge in [-0.2, -0.15) is 0 Å². The van der Waals surface area contributed by atoms with E-state index in [1.807, 2.05) is 84.9 Å². The van der Waals surface area contributed by atoms with Crippen LogP contribution in [-0.2, 0) is 41.7 Å². The molecule has 4 unspecified atom stereocenters. The molecule has 54 heavy (non-hydrogen) atoms. The molecule has 3 N–H and O–H groups in total. The van der Waals surface area contributed by atoms with E-state index in [0.29, 0.717) is 19.6 Å². The van der Waals surface area contributed by atoms with Crippen LogP contribution in [0, 0.1) is 0 Å². The van der Waals surface area contributed by atoms with E-state index in [-0.39, 0.29) is 37.2 Å². The lowest BCUT2D eigenvalue weighted by atomic mass is 9.85. The smallest absolute Gasteiger partial charge is 0.303 e. The molecule has 4 atom stereocenters. The quantitative estimate of drug-likeness (QED) is 0.174. The number of para-hydroxylation sites is 1. The Morgan fingerprint density at radius 3 is 2.35 bits per heavy atom. The summed E-state index contributed by atoms with van der Waals surface area (Å²) >= 11 is 0. The number of ether oxygens (including phenoxy) is 3. The highest BCUT2D eigenvalue weighted by Gasteiger charge is 2.50. The second kappa shape index (κ2) is 16.5. The molecule has 282 valence electrons. The van der Waals surface area contributed by atoms with Crippen LogP contribution in [0.15, 0.2) is 103 Å². The minimum atomic E-state index is -0.872. The number of nitrogens with zero attached hydrogens (tertiary/aromatic N) is 2. The zero-order chi connectivity index (χ0) is 37.7. The number of nitrogens with one attached hydrogen (secondary N) is 2. The summed E-state index contributed by atoms with van der Waals surface area (Å²) in [6.45, 7) is 5.85. The monoisotopic (exact) mass is 732 g/mol. The summed E-state index contributed by atoms with van der Waals surface area (Å²) in [4.78, 5) is 41.6. The molecular weight excluding hydrogens is 684 g/mol. The van der Waals surface area contributed by atoms with Crippen molar-refractivity contribution in [1.29, 1.82) is 0 Å². The molecule has 4 aromatic rings. The predicted molar refractivity (Wildman–Crippen MR) is 204 cm³/mol. The Bertz CT molecular complexity index is 1930. The highest BCUT2D eigenvalue weighted by atomic mass is 16.7. The predicted octanol–water partition coefficient (Wildman–Crippen LogP) is 5.39. The molecule has 3 saturated heterocycles. The van der Waals surface area contributed by atoms with E-state index in [1.165, 1.54) is 6.92 Å². The van der Waals surface area contributed by atoms with Crippen LogP contribution in [0.3, 0.4) is 0 Å². The van der Waals surface area contributed by atoms with Crippen LogP contribution >= 0.6 is 0 Å². The van der Waals surface area contributed by atoms with Gasteiger partial charge in [-0.15, -0.1) is 0 Å². The highest BCUT2D eigenvalue weighted by molar-refractivity contribution is 5.93. The van der Waals surface area contributed by atoms with Gasteiger partial charge in [0.15, 0.2) is 12.4 Å². The average molecular weight is 733 g/mol. The summed E-state index contributed by atoms with van der Waals surface area (Å²) in [5, 5.41) is 15.6. The number of hydrogen-bond donors (Lipinski definition) is 3. The van der Waals surface area contributed by atoms with Gasteiger partial charge in [-0.25, -0.2) is 0 Å². The lowest BCUT2D eigenvalue weighted by molar-refractivity contribution is -0.253. The first-order valence-electron chi connectivity index (χ1n) is 18.7. The summed E-state index contributed by atoms with van der Waals surface area (Å²) < 4.78 is 18.4. The SMILES string of the molecule is CC(=O)OC(C)C(=O)NCc1cccc(-c2cccc(C3OC(CN4CCC5(CC4)C(=O)NCN5c4ccccc4)CC(c4ccc(CO)cc4)O3)c2)c1. The van der Waals surface area contributed by atoms with Crippen molar-refractivity contribution >= 4 is 23.5 Å². The second-order valence-corrected chi connectivity index (χ2v) is 14.4. The van der Waals surface area contributed by atoms with E-state index >= 15 is 0 Å². The van der Waals surface area contributed by atoms with Gasteiger partial charge in [0, 0.05) is 50.8 Å². The summed E-state index contributed by atoms with van der Waals surface area (Å²) in [5.41, 5.74) is 6.12. The van der Waals surface area contributed by atoms with E-state index in [1.54, 1.807) is 6.92 Å². The molecule has 3 aliphatic rings. The minimum absolute atomic E-state index is 0.0237. The first-order valence-corrected chi connectivity index (χ1v) is 18.7. The molecule has 11 nitrogen and oxygen atoms in total. The van der Waals surface area contributed by atoms with E-state index in [4.69, 9.17) is 14.2 Å². The van der Waals surface area contributed by atoms with Crippen LogP contribution in [0.4, 0.5) is 5.69 Å². The van der Waals surface area contributed by atoms with Gasteiger partial charge in [0.2, 0.25) is 5.91 Å². The Kier molecular flexibility index (Phi) is 11.4. The highest BCUT2D eigenvalue weighted by Crippen LogP contribution is 2.41. The molecule has 3 heterocycles. The lowest BCUT2D eigenvalue weighted by Gasteiger charge is -2.45. The number of aliphatic hydroxyl groups excluding tert-OH is 1. The Morgan fingerprint density at radius 1 is 0.907 bits per heavy atom. The van der Waals surface area contributed by atoms with Crippen molar-refractivity contribution in [2.45, 2.75) is 76.4 Å². The van der Waals surface area contributed by atoms with Crippen molar-refractivity contribution in [3.63, 3.8) is 0 Å². The van der Waals surface area contributed by atoms with Crippen molar-refractivity contribution in [1.82, 2.24) is 15.5 Å². The van der Waals surface area contributed by atoms with Crippen LogP contribution in [0.5, 0.6) is 0 Å². The van der Waals surface area contributed by atoms with Crippen molar-refractivity contribution in [2.24, 2.45) is 0 Å². The number of rotatable bonds is 11. The maximum Gasteiger partial charge on any atom is 0.303 e. The lowest BCUT2D eigenvalue weighted by Crippen LogP contribution is -2.57. The van der Waals surface area contributed by atoms with E-state index in [0.717, 1.165) is 65.0 Å². The van der Waals surface area contributed by atoms with Crippen LogP contribution in [0.1, 0.15) is 67.8 Å². The molecule has 0 bridgehead atoms. The first-order chi connectivity index (χ1) is 26.2. The van der Waals surface area contributed by atoms with Crippen molar-refractivity contribution in [3.8, 4) is 11.1 Å². The summed E-state index contributed by atoms with van der Waals surface area (Å²) in [6, 6.07) is 34.1. The van der Waals surface area contributed by atoms with Crippen LogP contribution in [0.2, 0.25) is 0 Å². The van der Waals surface area contributed by atoms with Gasteiger partial charge >= 0.3 is 5.97 Å². The molecule has 0 aliphatic carbocycles. The summed E-state index contributed by atoms with van der Waals surface area (Å²) in [7, 11) is 0. The number of piperidine rings is 1. The van der Waals surface area contributed by atoms with Gasteiger partial charge in [0.25, 0.3) is 5.91 Å². The van der Waals surface area contributed by atoms with Crippen LogP contribution in [-0.4, -0.2) is 71.8 Å². The van der Waals surface area contributed by atoms with Gasteiger partial charge in [-0.05, 0) is 71.8 Å². The Hall–Kier alpha value is -5.07. The third-order valence-corrected chi connectivity index (χ3v) is 10.8. The normalized spacial score (nSPS) is 21.7. The number of hydrogen-bond acceptors (Lipinski definition) is 9. The summed E-state index contributed by atoms with van der Waals surface area (Å²) in [5.74, 6) is -0.761. The zero-order valence-electron chi connectivity index (χ0n) is 30.8. The van der Waals surface area contributed by atoms with E-state index in [2.05, 4.69) is 38.6 Å². The van der Waals surface area contributed by atoms with Gasteiger partial charge < -0.3 is 39.8 Å². The van der Waals surface area contributed by atoms with E-state index in [9.17, 15) is 19.5 Å². The number of likely N-dealkylation sites (tertiary alicyclic amines) is 1. The number of benzene rings is 4. The van der Waals surface area contributed by atoms with Crippen molar-refractivity contribution < 1.29 is 33.7 Å². The number of amides is 2. The van der Waals surface area contributed by atoms with Gasteiger partial charge in [0.05, 0.1) is 25.5 Å². The molecule has 11 heteroatoms. The molecule has 2 amide bonds. The van der Waals surface area contributed by atoms with Gasteiger partial charge in [-0.1, -0.05) is 78.9 Å². The Morgan fingerprint density at radius 2 is 1.63 bits per heavy atom. The third kappa shape index (κ3) is 8.34. The minimum Gasteiger partial charge on any atom is -0.453 e. The third-order valence-electron chi connectivity index (χ3n) is 10.8. The first kappa shape index (κ1) is 37.3. The number of carbonyl (C=O) groups is 3. The van der Waals surface area contributed by atoms with E-state index < -0.39 is 23.9 Å². The fraction of sp³-hybridized carbons (Fsp3) is 0.372. The molecule has 1 spiro atoms. The largest absolute Gasteiger partial charge is 0.453 e. The molecule has 0 radical (unpaired) electrons. The van der Waals surface area contributed by atoms with Crippen LogP contribution in [0.25, 0.3) is 11.1 Å². The average Bonchev–Trinajstić information content (AvgIpc) is 3.52. The van der Waals surface area contributed by atoms with Gasteiger partial charge in [0.1, 0.15) is 5.54 Å².